The minimum absolute atomic E-state index is 0. The number of methoxy groups -OCH3 is 1. The van der Waals surface area contributed by atoms with Gasteiger partial charge in [-0.3, -0.25) is 4.99 Å². The average Bonchev–Trinajstić information content (AvgIpc) is 2.59. The normalized spacial score (nSPS) is 11.3. The van der Waals surface area contributed by atoms with Crippen LogP contribution in [0.2, 0.25) is 0 Å². The number of aliphatic imine (C=N–C) groups is 1. The summed E-state index contributed by atoms with van der Waals surface area (Å²) in [6.07, 6.45) is 0. The van der Waals surface area contributed by atoms with Gasteiger partial charge in [-0.05, 0) is 50.6 Å². The van der Waals surface area contributed by atoms with Gasteiger partial charge in [-0.2, -0.15) is 0 Å². The summed E-state index contributed by atoms with van der Waals surface area (Å²) in [6, 6.07) is 15.6. The predicted octanol–water partition coefficient (Wildman–Crippen LogP) is 4.57. The molecule has 0 aliphatic carbocycles. The third-order valence-electron chi connectivity index (χ3n) is 3.40. The van der Waals surface area contributed by atoms with Gasteiger partial charge >= 0.3 is 0 Å². The molecule has 0 aliphatic rings. The third-order valence-corrected chi connectivity index (χ3v) is 3.40. The average molecular weight is 469 g/mol. The van der Waals surface area contributed by atoms with Crippen molar-refractivity contribution in [2.45, 2.75) is 32.9 Å². The molecule has 0 saturated heterocycles. The summed E-state index contributed by atoms with van der Waals surface area (Å²) in [7, 11) is 3.40. The van der Waals surface area contributed by atoms with Crippen molar-refractivity contribution in [2.75, 3.05) is 14.2 Å². The highest BCUT2D eigenvalue weighted by Crippen LogP contribution is 2.30. The zero-order valence-electron chi connectivity index (χ0n) is 16.0. The van der Waals surface area contributed by atoms with E-state index < -0.39 is 0 Å². The van der Waals surface area contributed by atoms with E-state index in [-0.39, 0.29) is 29.5 Å². The summed E-state index contributed by atoms with van der Waals surface area (Å²) < 4.78 is 11.2. The second kappa shape index (κ2) is 10.3. The number of hydrogen-bond donors (Lipinski definition) is 2. The minimum Gasteiger partial charge on any atom is -0.493 e. The van der Waals surface area contributed by atoms with E-state index in [0.717, 1.165) is 17.3 Å². The molecule has 0 aromatic heterocycles. The van der Waals surface area contributed by atoms with E-state index >= 15 is 0 Å². The summed E-state index contributed by atoms with van der Waals surface area (Å²) in [5.41, 5.74) is 1.11. The molecule has 0 atom stereocenters. The first-order valence-electron chi connectivity index (χ1n) is 8.30. The van der Waals surface area contributed by atoms with E-state index in [2.05, 4.69) is 36.4 Å². The number of nitrogens with zero attached hydrogens (tertiary/aromatic N) is 1. The molecule has 2 aromatic carbocycles. The first kappa shape index (κ1) is 22.1. The SMILES string of the molecule is CN=C(NCc1ccc(Oc2ccccc2OC)cc1)NC(C)(C)C.I. The van der Waals surface area contributed by atoms with Crippen LogP contribution in [0, 0.1) is 0 Å². The Kier molecular flexibility index (Phi) is 8.71. The smallest absolute Gasteiger partial charge is 0.191 e. The van der Waals surface area contributed by atoms with E-state index in [0.29, 0.717) is 18.0 Å². The molecule has 0 radical (unpaired) electrons. The molecule has 0 bridgehead atoms. The van der Waals surface area contributed by atoms with Gasteiger partial charge in [0, 0.05) is 19.1 Å². The summed E-state index contributed by atoms with van der Waals surface area (Å²) in [5, 5.41) is 6.64. The maximum Gasteiger partial charge on any atom is 0.191 e. The largest absolute Gasteiger partial charge is 0.493 e. The van der Waals surface area contributed by atoms with E-state index in [1.807, 2.05) is 48.5 Å². The number of guanidine groups is 1. The van der Waals surface area contributed by atoms with Crippen molar-refractivity contribution < 1.29 is 9.47 Å². The standard InChI is InChI=1S/C20H27N3O2.HI/c1-20(2,3)23-19(21-4)22-14-15-10-12-16(13-11-15)25-18-9-7-6-8-17(18)24-5;/h6-13H,14H2,1-5H3,(H2,21,22,23);1H. The molecule has 2 rings (SSSR count). The van der Waals surface area contributed by atoms with Crippen LogP contribution in [0.25, 0.3) is 0 Å². The number of para-hydroxylation sites is 2. The molecule has 0 amide bonds. The predicted molar refractivity (Wildman–Crippen MR) is 118 cm³/mol. The highest BCUT2D eigenvalue weighted by atomic mass is 127. The lowest BCUT2D eigenvalue weighted by Crippen LogP contribution is -2.47. The molecule has 0 fully saturated rings. The van der Waals surface area contributed by atoms with Crippen molar-refractivity contribution in [3.8, 4) is 17.2 Å². The van der Waals surface area contributed by atoms with Gasteiger partial charge < -0.3 is 20.1 Å². The van der Waals surface area contributed by atoms with E-state index in [4.69, 9.17) is 9.47 Å². The monoisotopic (exact) mass is 469 g/mol. The Labute approximate surface area is 173 Å². The van der Waals surface area contributed by atoms with Crippen molar-refractivity contribution in [2.24, 2.45) is 4.99 Å². The maximum atomic E-state index is 5.89. The fourth-order valence-corrected chi connectivity index (χ4v) is 2.23. The molecule has 0 heterocycles. The van der Waals surface area contributed by atoms with Gasteiger partial charge in [-0.15, -0.1) is 24.0 Å². The molecular formula is C20H28IN3O2. The maximum absolute atomic E-state index is 5.89. The summed E-state index contributed by atoms with van der Waals surface area (Å²) in [6.45, 7) is 6.99. The van der Waals surface area contributed by atoms with Crippen molar-refractivity contribution in [3.05, 3.63) is 54.1 Å². The van der Waals surface area contributed by atoms with Crippen LogP contribution in [0.3, 0.4) is 0 Å². The van der Waals surface area contributed by atoms with Crippen LogP contribution in [0.4, 0.5) is 0 Å². The molecule has 142 valence electrons. The molecule has 2 N–H and O–H groups in total. The highest BCUT2D eigenvalue weighted by molar-refractivity contribution is 14.0. The zero-order chi connectivity index (χ0) is 18.3. The number of hydrogen-bond acceptors (Lipinski definition) is 3. The molecule has 0 aliphatic heterocycles. The van der Waals surface area contributed by atoms with Gasteiger partial charge in [0.25, 0.3) is 0 Å². The van der Waals surface area contributed by atoms with E-state index in [1.54, 1.807) is 14.2 Å². The lowest BCUT2D eigenvalue weighted by atomic mass is 10.1. The van der Waals surface area contributed by atoms with Crippen molar-refractivity contribution >= 4 is 29.9 Å². The van der Waals surface area contributed by atoms with Crippen molar-refractivity contribution in [1.29, 1.82) is 0 Å². The van der Waals surface area contributed by atoms with Gasteiger partial charge in [-0.25, -0.2) is 0 Å². The minimum atomic E-state index is -0.0335. The lowest BCUT2D eigenvalue weighted by Gasteiger charge is -2.23. The Morgan fingerprint density at radius 3 is 2.15 bits per heavy atom. The number of halogens is 1. The molecular weight excluding hydrogens is 441 g/mol. The molecule has 6 heteroatoms. The number of rotatable bonds is 5. The first-order valence-corrected chi connectivity index (χ1v) is 8.30. The van der Waals surface area contributed by atoms with Crippen LogP contribution in [-0.4, -0.2) is 25.7 Å². The molecule has 0 saturated carbocycles. The molecule has 2 aromatic rings. The van der Waals surface area contributed by atoms with Gasteiger partial charge in [0.15, 0.2) is 17.5 Å². The van der Waals surface area contributed by atoms with Crippen LogP contribution >= 0.6 is 24.0 Å². The third kappa shape index (κ3) is 7.11. The quantitative estimate of drug-likeness (QED) is 0.383. The van der Waals surface area contributed by atoms with Crippen LogP contribution in [0.5, 0.6) is 17.2 Å². The fourth-order valence-electron chi connectivity index (χ4n) is 2.23. The summed E-state index contributed by atoms with van der Waals surface area (Å²) in [5.74, 6) is 2.96. The van der Waals surface area contributed by atoms with E-state index in [1.165, 1.54) is 0 Å². The number of benzene rings is 2. The zero-order valence-corrected chi connectivity index (χ0v) is 18.3. The van der Waals surface area contributed by atoms with Crippen molar-refractivity contribution in [1.82, 2.24) is 10.6 Å². The molecule has 0 unspecified atom stereocenters. The lowest BCUT2D eigenvalue weighted by molar-refractivity contribution is 0.379. The Hall–Kier alpha value is -1.96. The summed E-state index contributed by atoms with van der Waals surface area (Å²) >= 11 is 0. The Morgan fingerprint density at radius 1 is 1.00 bits per heavy atom. The van der Waals surface area contributed by atoms with Crippen LogP contribution in [-0.2, 0) is 6.54 Å². The molecule has 5 nitrogen and oxygen atoms in total. The van der Waals surface area contributed by atoms with Gasteiger partial charge in [0.2, 0.25) is 0 Å². The van der Waals surface area contributed by atoms with Crippen molar-refractivity contribution in [3.63, 3.8) is 0 Å². The number of ether oxygens (including phenoxy) is 2. The topological polar surface area (TPSA) is 54.9 Å². The first-order chi connectivity index (χ1) is 11.9. The van der Waals surface area contributed by atoms with Crippen LogP contribution in [0.1, 0.15) is 26.3 Å². The fraction of sp³-hybridized carbons (Fsp3) is 0.350. The highest BCUT2D eigenvalue weighted by Gasteiger charge is 2.11. The Balaban J connectivity index is 0.00000338. The second-order valence-electron chi connectivity index (χ2n) is 6.70. The molecule has 0 spiro atoms. The van der Waals surface area contributed by atoms with Gasteiger partial charge in [-0.1, -0.05) is 24.3 Å². The Bertz CT molecular complexity index is 710. The second-order valence-corrected chi connectivity index (χ2v) is 6.70. The van der Waals surface area contributed by atoms with Crippen LogP contribution < -0.4 is 20.1 Å². The number of nitrogens with one attached hydrogen (secondary N) is 2. The van der Waals surface area contributed by atoms with Crippen LogP contribution in [0.15, 0.2) is 53.5 Å². The molecule has 26 heavy (non-hydrogen) atoms. The Morgan fingerprint density at radius 2 is 1.62 bits per heavy atom. The van der Waals surface area contributed by atoms with E-state index in [9.17, 15) is 0 Å². The van der Waals surface area contributed by atoms with Gasteiger partial charge in [0.1, 0.15) is 5.75 Å². The van der Waals surface area contributed by atoms with Gasteiger partial charge in [0.05, 0.1) is 7.11 Å². The summed E-state index contributed by atoms with van der Waals surface area (Å²) in [4.78, 5) is 4.24.